The second-order valence-electron chi connectivity index (χ2n) is 15.0. The first-order valence-electron chi connectivity index (χ1n) is 21.3. The van der Waals surface area contributed by atoms with Gasteiger partial charge in [0, 0.05) is 0 Å². The Hall–Kier alpha value is -4.60. The topological polar surface area (TPSA) is 0 Å². The van der Waals surface area contributed by atoms with E-state index in [1.807, 2.05) is 11.3 Å². The van der Waals surface area contributed by atoms with Gasteiger partial charge in [0.2, 0.25) is 0 Å². The van der Waals surface area contributed by atoms with E-state index in [1.54, 1.807) is 21.0 Å². The third kappa shape index (κ3) is 10.3. The Bertz CT molecular complexity index is 2450. The summed E-state index contributed by atoms with van der Waals surface area (Å²) >= 11 is 1.94. The van der Waals surface area contributed by atoms with Crippen LogP contribution < -0.4 is 57.3 Å². The SMILES string of the molecule is c1ccc(P(CCP(c2ccccc2)c2ccccc2[Si](c2cccs2)c2ccccc2P(CCP(c2ccccc2)c2ccccc2)c2ccccc2)c2ccccc2)cc1. The summed E-state index contributed by atoms with van der Waals surface area (Å²) in [4.78, 5) is 0. The van der Waals surface area contributed by atoms with Gasteiger partial charge in [-0.3, -0.25) is 0 Å². The molecule has 0 fully saturated rings. The molecule has 9 rings (SSSR count). The molecule has 0 bridgehead atoms. The predicted molar refractivity (Wildman–Crippen MR) is 285 cm³/mol. The Morgan fingerprint density at radius 1 is 0.274 bits per heavy atom. The van der Waals surface area contributed by atoms with Gasteiger partial charge in [-0.1, -0.05) is 243 Å². The summed E-state index contributed by atoms with van der Waals surface area (Å²) in [6.07, 6.45) is 4.54. The Labute approximate surface area is 379 Å². The summed E-state index contributed by atoms with van der Waals surface area (Å²) in [7, 11) is -3.79. The van der Waals surface area contributed by atoms with Crippen molar-refractivity contribution in [3.05, 3.63) is 248 Å². The third-order valence-corrected chi connectivity index (χ3v) is 26.7. The highest BCUT2D eigenvalue weighted by atomic mass is 32.1. The van der Waals surface area contributed by atoms with E-state index in [1.165, 1.54) is 36.3 Å². The average Bonchev–Trinajstić information content (AvgIpc) is 3.89. The van der Waals surface area contributed by atoms with Gasteiger partial charge in [0.1, 0.15) is 0 Å². The number of hydrogen-bond acceptors (Lipinski definition) is 1. The van der Waals surface area contributed by atoms with Crippen molar-refractivity contribution >= 4 is 109 Å². The summed E-state index contributed by atoms with van der Waals surface area (Å²) in [5.41, 5.74) is 0. The molecule has 0 amide bonds. The van der Waals surface area contributed by atoms with Gasteiger partial charge >= 0.3 is 0 Å². The molecular formula is C56H49P4SSi. The van der Waals surface area contributed by atoms with Crippen LogP contribution in [0.25, 0.3) is 0 Å². The van der Waals surface area contributed by atoms with Crippen molar-refractivity contribution in [3.8, 4) is 0 Å². The smallest absolute Gasteiger partial charge is 0.153 e. The molecule has 0 aliphatic carbocycles. The molecule has 0 nitrogen and oxygen atoms in total. The van der Waals surface area contributed by atoms with Crippen molar-refractivity contribution in [1.82, 2.24) is 0 Å². The Morgan fingerprint density at radius 2 is 0.548 bits per heavy atom. The van der Waals surface area contributed by atoms with E-state index in [-0.39, 0.29) is 0 Å². The van der Waals surface area contributed by atoms with Crippen molar-refractivity contribution in [2.24, 2.45) is 0 Å². The number of benzene rings is 8. The van der Waals surface area contributed by atoms with Crippen LogP contribution >= 0.6 is 43.0 Å². The van der Waals surface area contributed by atoms with Crippen LogP contribution in [0.2, 0.25) is 0 Å². The molecule has 8 aromatic carbocycles. The van der Waals surface area contributed by atoms with Crippen LogP contribution in [-0.4, -0.2) is 33.4 Å². The summed E-state index contributed by atoms with van der Waals surface area (Å²) in [5, 5.41) is 17.2. The molecule has 0 spiro atoms. The number of hydrogen-bond donors (Lipinski definition) is 0. The number of rotatable bonds is 17. The van der Waals surface area contributed by atoms with Gasteiger partial charge in [0.05, 0.1) is 0 Å². The lowest BCUT2D eigenvalue weighted by Gasteiger charge is -2.30. The Kier molecular flexibility index (Phi) is 14.9. The van der Waals surface area contributed by atoms with Gasteiger partial charge < -0.3 is 0 Å². The first-order chi connectivity index (χ1) is 30.8. The minimum atomic E-state index is -1.42. The molecule has 1 aromatic heterocycles. The minimum absolute atomic E-state index is 0.522. The molecule has 1 radical (unpaired) electrons. The van der Waals surface area contributed by atoms with E-state index in [9.17, 15) is 0 Å². The maximum Gasteiger partial charge on any atom is 0.169 e. The van der Waals surface area contributed by atoms with Gasteiger partial charge in [-0.2, -0.15) is 11.3 Å². The molecule has 9 aromatic rings. The number of thiophene rings is 1. The first-order valence-corrected chi connectivity index (χ1v) is 29.8. The summed E-state index contributed by atoms with van der Waals surface area (Å²) in [5.74, 6) is 0. The maximum absolute atomic E-state index is 2.50. The van der Waals surface area contributed by atoms with E-state index in [0.717, 1.165) is 24.6 Å². The molecular weight excluding hydrogens is 857 g/mol. The van der Waals surface area contributed by atoms with E-state index in [4.69, 9.17) is 0 Å². The quantitative estimate of drug-likeness (QED) is 0.0632. The fraction of sp³-hybridized carbons (Fsp3) is 0.0714. The van der Waals surface area contributed by atoms with Crippen molar-refractivity contribution in [2.75, 3.05) is 24.6 Å². The van der Waals surface area contributed by atoms with Crippen molar-refractivity contribution in [1.29, 1.82) is 0 Å². The van der Waals surface area contributed by atoms with Crippen LogP contribution in [0.3, 0.4) is 0 Å². The summed E-state index contributed by atoms with van der Waals surface area (Å²) in [6.45, 7) is 0. The zero-order valence-electron chi connectivity index (χ0n) is 34.7. The van der Waals surface area contributed by atoms with Crippen LogP contribution in [0.15, 0.2) is 248 Å². The molecule has 1 heterocycles. The standard InChI is InChI=1S/C56H49P4SSi/c1-7-24-46(25-8-1)57(47-26-9-2-10-27-47)41-43-59(50-32-15-5-16-33-50)52-36-19-21-38-54(52)62(56-40-23-45-61-56)55-39-22-20-37-53(55)60(51-34-17-6-18-35-51)44-42-58(48-28-11-3-12-29-48)49-30-13-4-14-31-49/h1-40,45H,41-44H2. The minimum Gasteiger partial charge on any atom is -0.153 e. The maximum atomic E-state index is 2.50. The van der Waals surface area contributed by atoms with Gasteiger partial charge in [-0.25, -0.2) is 0 Å². The highest BCUT2D eigenvalue weighted by molar-refractivity contribution is 7.78. The zero-order valence-corrected chi connectivity index (χ0v) is 40.1. The van der Waals surface area contributed by atoms with E-state index in [2.05, 4.69) is 248 Å². The summed E-state index contributed by atoms with van der Waals surface area (Å²) < 4.78 is 1.51. The first kappa shape index (κ1) is 42.7. The second kappa shape index (κ2) is 21.7. The van der Waals surface area contributed by atoms with E-state index in [0.29, 0.717) is 0 Å². The van der Waals surface area contributed by atoms with Crippen LogP contribution in [0.4, 0.5) is 0 Å². The third-order valence-electron chi connectivity index (χ3n) is 11.2. The average molecular weight is 906 g/mol. The monoisotopic (exact) mass is 905 g/mol. The van der Waals surface area contributed by atoms with Crippen LogP contribution in [-0.2, 0) is 0 Å². The molecule has 0 aliphatic rings. The molecule has 62 heavy (non-hydrogen) atoms. The van der Waals surface area contributed by atoms with Gasteiger partial charge in [0.15, 0.2) is 8.80 Å². The second-order valence-corrected chi connectivity index (χ2v) is 28.0. The Morgan fingerprint density at radius 3 is 0.855 bits per heavy atom. The molecule has 6 heteroatoms. The van der Waals surface area contributed by atoms with Crippen LogP contribution in [0, 0.1) is 0 Å². The fourth-order valence-electron chi connectivity index (χ4n) is 8.31. The van der Waals surface area contributed by atoms with Crippen molar-refractivity contribution in [3.63, 3.8) is 0 Å². The Balaban J connectivity index is 1.14. The van der Waals surface area contributed by atoms with Crippen LogP contribution in [0.5, 0.6) is 0 Å². The summed E-state index contributed by atoms with van der Waals surface area (Å²) in [6, 6.07) is 91.9. The van der Waals surface area contributed by atoms with Crippen molar-refractivity contribution in [2.45, 2.75) is 0 Å². The van der Waals surface area contributed by atoms with Gasteiger partial charge in [-0.05, 0) is 119 Å². The highest BCUT2D eigenvalue weighted by Crippen LogP contribution is 2.43. The molecule has 303 valence electrons. The molecule has 2 atom stereocenters. The lowest BCUT2D eigenvalue weighted by atomic mass is 10.3. The van der Waals surface area contributed by atoms with Gasteiger partial charge in [-0.15, -0.1) is 0 Å². The molecule has 0 N–H and O–H groups in total. The molecule has 0 saturated carbocycles. The molecule has 2 unspecified atom stereocenters. The lowest BCUT2D eigenvalue weighted by molar-refractivity contribution is 1.51. The van der Waals surface area contributed by atoms with Crippen LogP contribution in [0.1, 0.15) is 0 Å². The van der Waals surface area contributed by atoms with E-state index < -0.39 is 40.5 Å². The zero-order chi connectivity index (χ0) is 41.8. The largest absolute Gasteiger partial charge is 0.169 e. The predicted octanol–water partition coefficient (Wildman–Crippen LogP) is 9.40. The molecule has 0 saturated heterocycles. The van der Waals surface area contributed by atoms with Gasteiger partial charge in [0.25, 0.3) is 0 Å². The van der Waals surface area contributed by atoms with Crippen molar-refractivity contribution < 1.29 is 0 Å². The highest BCUT2D eigenvalue weighted by Gasteiger charge is 2.31. The normalized spacial score (nSPS) is 12.4. The fourth-order valence-corrected chi connectivity index (χ4v) is 24.7. The molecule has 0 aliphatic heterocycles. The lowest BCUT2D eigenvalue weighted by Crippen LogP contribution is -2.59. The van der Waals surface area contributed by atoms with E-state index >= 15 is 0 Å².